The molecule has 34 heavy (non-hydrogen) atoms. The van der Waals surface area contributed by atoms with Gasteiger partial charge in [0, 0.05) is 35.9 Å². The van der Waals surface area contributed by atoms with Crippen molar-refractivity contribution < 1.29 is 124 Å². The van der Waals surface area contributed by atoms with Gasteiger partial charge >= 0.3 is 71.1 Å². The molecule has 0 amide bonds. The van der Waals surface area contributed by atoms with Gasteiger partial charge in [0.2, 0.25) is 0 Å². The van der Waals surface area contributed by atoms with Crippen LogP contribution in [-0.4, -0.2) is 74.5 Å². The fraction of sp³-hybridized carbons (Fsp3) is 0.500. The van der Waals surface area contributed by atoms with Gasteiger partial charge in [0.1, 0.15) is 0 Å². The minimum absolute atomic E-state index is 0. The number of hydrogen-bond donors (Lipinski definition) is 2. The number of hydrogen-bond acceptors (Lipinski definition) is 12. The van der Waals surface area contributed by atoms with E-state index in [1.807, 2.05) is 0 Å². The van der Waals surface area contributed by atoms with Crippen molar-refractivity contribution in [3.63, 3.8) is 0 Å². The number of carbonyl (C=O) groups excluding carboxylic acids is 4. The van der Waals surface area contributed by atoms with Crippen molar-refractivity contribution in [3.05, 3.63) is 24.3 Å². The first-order valence-corrected chi connectivity index (χ1v) is 11.7. The van der Waals surface area contributed by atoms with Crippen molar-refractivity contribution in [2.75, 3.05) is 24.7 Å². The van der Waals surface area contributed by atoms with E-state index in [-0.39, 0.29) is 96.3 Å². The SMILES string of the molecule is C=C(CC(=O)[O-])C(=O)OCCCS(=O)(=O)O.C=C(CC(=O)[O-])C(=O)OCCCS(=O)(=O)O.[Na+].[Na+]. The molecule has 0 atom stereocenters. The van der Waals surface area contributed by atoms with Crippen molar-refractivity contribution in [1.82, 2.24) is 0 Å². The second-order valence-electron chi connectivity index (χ2n) is 5.86. The van der Waals surface area contributed by atoms with Crippen LogP contribution in [-0.2, 0) is 48.9 Å². The summed E-state index contributed by atoms with van der Waals surface area (Å²) >= 11 is 0. The van der Waals surface area contributed by atoms with E-state index >= 15 is 0 Å². The van der Waals surface area contributed by atoms with E-state index in [1.165, 1.54) is 0 Å². The molecule has 2 N–H and O–H groups in total. The van der Waals surface area contributed by atoms with E-state index in [0.717, 1.165) is 0 Å². The molecular weight excluding hydrogens is 526 g/mol. The van der Waals surface area contributed by atoms with Crippen LogP contribution >= 0.6 is 0 Å². The Labute approximate surface area is 240 Å². The monoisotopic (exact) mass is 548 g/mol. The number of esters is 2. The van der Waals surface area contributed by atoms with Gasteiger partial charge in [-0.2, -0.15) is 16.8 Å². The predicted octanol–water partition coefficient (Wildman–Crippen LogP) is -8.98. The molecule has 14 nitrogen and oxygen atoms in total. The zero-order chi connectivity index (χ0) is 25.5. The van der Waals surface area contributed by atoms with Gasteiger partial charge in [0.25, 0.3) is 20.2 Å². The Kier molecular flexibility index (Phi) is 24.2. The summed E-state index contributed by atoms with van der Waals surface area (Å²) < 4.78 is 66.7. The predicted molar refractivity (Wildman–Crippen MR) is 102 cm³/mol. The molecule has 0 aliphatic rings. The van der Waals surface area contributed by atoms with Crippen LogP contribution < -0.4 is 69.3 Å². The molecule has 0 aromatic heterocycles. The topological polar surface area (TPSA) is 242 Å². The summed E-state index contributed by atoms with van der Waals surface area (Å²) in [4.78, 5) is 42.1. The quantitative estimate of drug-likeness (QED) is 0.0673. The molecule has 0 radical (unpaired) electrons. The van der Waals surface area contributed by atoms with E-state index < -0.39 is 68.5 Å². The zero-order valence-corrected chi connectivity index (χ0v) is 24.3. The molecule has 18 heteroatoms. The molecule has 0 aromatic rings. The van der Waals surface area contributed by atoms with Crippen molar-refractivity contribution in [2.45, 2.75) is 25.7 Å². The molecule has 0 aliphatic carbocycles. The summed E-state index contributed by atoms with van der Waals surface area (Å²) in [5, 5.41) is 20.2. The number of rotatable bonds is 14. The molecule has 0 bridgehead atoms. The maximum Gasteiger partial charge on any atom is 1.00 e. The molecule has 0 heterocycles. The molecule has 0 unspecified atom stereocenters. The Hall–Kier alpha value is -0.820. The molecule has 0 saturated carbocycles. The average molecular weight is 548 g/mol. The van der Waals surface area contributed by atoms with Crippen LogP contribution in [0.3, 0.4) is 0 Å². The van der Waals surface area contributed by atoms with Gasteiger partial charge in [0.05, 0.1) is 24.7 Å². The second-order valence-corrected chi connectivity index (χ2v) is 9.00. The van der Waals surface area contributed by atoms with Gasteiger partial charge in [-0.3, -0.25) is 9.11 Å². The maximum atomic E-state index is 11.0. The zero-order valence-electron chi connectivity index (χ0n) is 18.7. The van der Waals surface area contributed by atoms with Crippen molar-refractivity contribution in [2.24, 2.45) is 0 Å². The number of ether oxygens (including phenoxy) is 2. The van der Waals surface area contributed by atoms with Gasteiger partial charge in [-0.1, -0.05) is 13.2 Å². The van der Waals surface area contributed by atoms with Crippen molar-refractivity contribution in [1.29, 1.82) is 0 Å². The van der Waals surface area contributed by atoms with E-state index in [0.29, 0.717) is 0 Å². The third kappa shape index (κ3) is 29.2. The number of carbonyl (C=O) groups is 4. The Morgan fingerprint density at radius 2 is 0.941 bits per heavy atom. The van der Waals surface area contributed by atoms with Crippen LogP contribution in [0, 0.1) is 0 Å². The number of carboxylic acid groups (broad SMARTS) is 2. The smallest absolute Gasteiger partial charge is 0.550 e. The van der Waals surface area contributed by atoms with E-state index in [2.05, 4.69) is 22.6 Å². The Balaban J connectivity index is -0.000000250. The molecule has 0 rings (SSSR count). The minimum atomic E-state index is -4.08. The van der Waals surface area contributed by atoms with Crippen LogP contribution in [0.4, 0.5) is 0 Å². The Morgan fingerprint density at radius 1 is 0.676 bits per heavy atom. The van der Waals surface area contributed by atoms with Crippen LogP contribution in [0.25, 0.3) is 0 Å². The standard InChI is InChI=1S/2C8H12O7S.2Na/c2*1-6(5-7(9)10)8(11)15-3-2-4-16(12,13)14;;/h2*1-5H2,(H,9,10)(H,12,13,14);;/q;;2*+1/p-2. The average Bonchev–Trinajstić information content (AvgIpc) is 2.59. The fourth-order valence-electron chi connectivity index (χ4n) is 1.51. The molecule has 0 spiro atoms. The molecule has 0 aromatic carbocycles. The van der Waals surface area contributed by atoms with Gasteiger partial charge in [-0.25, -0.2) is 9.59 Å². The van der Waals surface area contributed by atoms with Crippen molar-refractivity contribution >= 4 is 44.1 Å². The van der Waals surface area contributed by atoms with E-state index in [1.54, 1.807) is 0 Å². The summed E-state index contributed by atoms with van der Waals surface area (Å²) in [7, 11) is -8.16. The van der Waals surface area contributed by atoms with Gasteiger partial charge in [-0.15, -0.1) is 0 Å². The molecule has 184 valence electrons. The van der Waals surface area contributed by atoms with Crippen LogP contribution in [0.5, 0.6) is 0 Å². The normalized spacial score (nSPS) is 10.2. The summed E-state index contributed by atoms with van der Waals surface area (Å²) in [6.07, 6.45) is -1.44. The summed E-state index contributed by atoms with van der Waals surface area (Å²) in [5.74, 6) is -5.85. The van der Waals surface area contributed by atoms with E-state index in [9.17, 15) is 46.2 Å². The summed E-state index contributed by atoms with van der Waals surface area (Å²) in [6.45, 7) is 5.83. The number of carboxylic acids is 2. The second kappa shape index (κ2) is 20.4. The van der Waals surface area contributed by atoms with Crippen LogP contribution in [0.2, 0.25) is 0 Å². The van der Waals surface area contributed by atoms with Crippen molar-refractivity contribution in [3.8, 4) is 0 Å². The minimum Gasteiger partial charge on any atom is -0.550 e. The molecule has 0 fully saturated rings. The fourth-order valence-corrected chi connectivity index (χ4v) is 2.47. The Bertz CT molecular complexity index is 849. The summed E-state index contributed by atoms with van der Waals surface area (Å²) in [5.41, 5.74) is -0.571. The maximum absolute atomic E-state index is 11.0. The van der Waals surface area contributed by atoms with E-state index in [4.69, 9.17) is 9.11 Å². The van der Waals surface area contributed by atoms with Gasteiger partial charge in [-0.05, 0) is 12.8 Å². The third-order valence-electron chi connectivity index (χ3n) is 2.85. The first-order chi connectivity index (χ1) is 14.4. The molecular formula is C16H22Na2O14S2. The first-order valence-electron chi connectivity index (χ1n) is 8.44. The summed E-state index contributed by atoms with van der Waals surface area (Å²) in [6, 6.07) is 0. The molecule has 0 saturated heterocycles. The van der Waals surface area contributed by atoms with Gasteiger partial charge in [0.15, 0.2) is 0 Å². The van der Waals surface area contributed by atoms with Crippen LogP contribution in [0.1, 0.15) is 25.7 Å². The largest absolute Gasteiger partial charge is 1.00 e. The third-order valence-corrected chi connectivity index (χ3v) is 4.46. The Morgan fingerprint density at radius 3 is 1.15 bits per heavy atom. The molecule has 0 aliphatic heterocycles. The van der Waals surface area contributed by atoms with Crippen LogP contribution in [0.15, 0.2) is 24.3 Å². The number of aliphatic carboxylic acids is 2. The van der Waals surface area contributed by atoms with Gasteiger partial charge < -0.3 is 29.3 Å². The first kappa shape index (κ1) is 40.4.